The van der Waals surface area contributed by atoms with E-state index in [-0.39, 0.29) is 5.56 Å². The maximum Gasteiger partial charge on any atom is 0.248 e. The Hall–Kier alpha value is -0.940. The van der Waals surface area contributed by atoms with Crippen LogP contribution in [0.15, 0.2) is 16.9 Å². The molecular weight excluding hydrogens is 260 g/mol. The van der Waals surface area contributed by atoms with Crippen molar-refractivity contribution in [3.63, 3.8) is 0 Å². The summed E-state index contributed by atoms with van der Waals surface area (Å²) in [6.07, 6.45) is 5.80. The van der Waals surface area contributed by atoms with Crippen molar-refractivity contribution in [3.8, 4) is 0 Å². The van der Waals surface area contributed by atoms with E-state index in [0.29, 0.717) is 12.1 Å². The standard InChI is InChI=1S/C14H22N2O2S/c1-10(8-9-19(2)18)15-12-4-3-5-13-11(12)6-7-14(17)16-13/h6-7,10,12,15H,3-5,8-9H2,1-2H3,(H,16,17). The Kier molecular flexibility index (Phi) is 4.93. The molecule has 0 saturated carbocycles. The summed E-state index contributed by atoms with van der Waals surface area (Å²) < 4.78 is 11.1. The van der Waals surface area contributed by atoms with Crippen molar-refractivity contribution in [2.75, 3.05) is 12.0 Å². The Bertz CT molecular complexity index is 512. The number of H-pyrrole nitrogens is 1. The SMILES string of the molecule is CC(CCS(C)=O)NC1CCCc2[nH]c(=O)ccc21. The van der Waals surface area contributed by atoms with Gasteiger partial charge in [0, 0.05) is 46.7 Å². The summed E-state index contributed by atoms with van der Waals surface area (Å²) in [5.74, 6) is 0.735. The summed E-state index contributed by atoms with van der Waals surface area (Å²) in [5.41, 5.74) is 2.27. The van der Waals surface area contributed by atoms with Gasteiger partial charge in [0.25, 0.3) is 0 Å². The van der Waals surface area contributed by atoms with Crippen LogP contribution in [0, 0.1) is 0 Å². The van der Waals surface area contributed by atoms with Crippen LogP contribution in [0.3, 0.4) is 0 Å². The predicted molar refractivity (Wildman–Crippen MR) is 78.9 cm³/mol. The van der Waals surface area contributed by atoms with Gasteiger partial charge in [0.15, 0.2) is 0 Å². The minimum Gasteiger partial charge on any atom is -0.326 e. The van der Waals surface area contributed by atoms with Crippen molar-refractivity contribution in [1.29, 1.82) is 0 Å². The third kappa shape index (κ3) is 4.01. The first-order chi connectivity index (χ1) is 9.06. The lowest BCUT2D eigenvalue weighted by atomic mass is 9.90. The molecule has 0 fully saturated rings. The Morgan fingerprint density at radius 2 is 2.32 bits per heavy atom. The first-order valence-electron chi connectivity index (χ1n) is 6.84. The molecule has 1 aromatic rings. The summed E-state index contributed by atoms with van der Waals surface area (Å²) in [6, 6.07) is 4.19. The quantitative estimate of drug-likeness (QED) is 0.860. The van der Waals surface area contributed by atoms with Gasteiger partial charge in [0.1, 0.15) is 0 Å². The molecule has 2 rings (SSSR count). The van der Waals surface area contributed by atoms with E-state index in [1.807, 2.05) is 6.07 Å². The first-order valence-corrected chi connectivity index (χ1v) is 8.57. The zero-order valence-corrected chi connectivity index (χ0v) is 12.4. The van der Waals surface area contributed by atoms with Crippen LogP contribution in [0.5, 0.6) is 0 Å². The number of fused-ring (bicyclic) bond motifs is 1. The van der Waals surface area contributed by atoms with Crippen LogP contribution in [0.25, 0.3) is 0 Å². The molecule has 1 aromatic heterocycles. The molecule has 0 aliphatic heterocycles. The third-order valence-electron chi connectivity index (χ3n) is 3.66. The number of aromatic nitrogens is 1. The van der Waals surface area contributed by atoms with Crippen LogP contribution in [0.1, 0.15) is 43.5 Å². The largest absolute Gasteiger partial charge is 0.326 e. The van der Waals surface area contributed by atoms with E-state index >= 15 is 0 Å². The minimum atomic E-state index is -0.728. The molecule has 1 heterocycles. The lowest BCUT2D eigenvalue weighted by Gasteiger charge is -2.28. The third-order valence-corrected chi connectivity index (χ3v) is 4.47. The molecule has 3 atom stereocenters. The highest BCUT2D eigenvalue weighted by Gasteiger charge is 2.21. The Morgan fingerprint density at radius 1 is 1.53 bits per heavy atom. The van der Waals surface area contributed by atoms with Crippen molar-refractivity contribution in [2.45, 2.75) is 44.7 Å². The fraction of sp³-hybridized carbons (Fsp3) is 0.643. The molecule has 1 aliphatic rings. The second-order valence-electron chi connectivity index (χ2n) is 5.34. The first kappa shape index (κ1) is 14.5. The summed E-state index contributed by atoms with van der Waals surface area (Å²) in [6.45, 7) is 2.13. The average Bonchev–Trinajstić information content (AvgIpc) is 2.36. The zero-order chi connectivity index (χ0) is 13.8. The molecule has 106 valence electrons. The number of aryl methyl sites for hydroxylation is 1. The van der Waals surface area contributed by atoms with Gasteiger partial charge in [-0.05, 0) is 38.2 Å². The molecular formula is C14H22N2O2S. The number of pyridine rings is 1. The predicted octanol–water partition coefficient (Wildman–Crippen LogP) is 1.50. The van der Waals surface area contributed by atoms with E-state index in [2.05, 4.69) is 17.2 Å². The molecule has 0 amide bonds. The van der Waals surface area contributed by atoms with E-state index in [1.165, 1.54) is 5.56 Å². The average molecular weight is 282 g/mol. The van der Waals surface area contributed by atoms with Gasteiger partial charge in [-0.15, -0.1) is 0 Å². The van der Waals surface area contributed by atoms with Crippen LogP contribution < -0.4 is 10.9 Å². The lowest BCUT2D eigenvalue weighted by molar-refractivity contribution is 0.400. The molecule has 2 N–H and O–H groups in total. The zero-order valence-electron chi connectivity index (χ0n) is 11.6. The number of nitrogens with one attached hydrogen (secondary N) is 2. The maximum atomic E-state index is 11.3. The van der Waals surface area contributed by atoms with Gasteiger partial charge >= 0.3 is 0 Å². The number of hydrogen-bond donors (Lipinski definition) is 2. The number of hydrogen-bond acceptors (Lipinski definition) is 3. The molecule has 0 bridgehead atoms. The Morgan fingerprint density at radius 3 is 3.05 bits per heavy atom. The molecule has 0 radical (unpaired) electrons. The van der Waals surface area contributed by atoms with E-state index < -0.39 is 10.8 Å². The minimum absolute atomic E-state index is 0.0196. The normalized spacial score (nSPS) is 21.7. The second kappa shape index (κ2) is 6.48. The van der Waals surface area contributed by atoms with Crippen LogP contribution in [0.2, 0.25) is 0 Å². The smallest absolute Gasteiger partial charge is 0.248 e. The van der Waals surface area contributed by atoms with Gasteiger partial charge in [-0.1, -0.05) is 6.07 Å². The highest BCUT2D eigenvalue weighted by Crippen LogP contribution is 2.28. The van der Waals surface area contributed by atoms with E-state index in [0.717, 1.165) is 37.1 Å². The van der Waals surface area contributed by atoms with Crippen LogP contribution in [0.4, 0.5) is 0 Å². The molecule has 3 unspecified atom stereocenters. The van der Waals surface area contributed by atoms with Crippen molar-refractivity contribution in [3.05, 3.63) is 33.7 Å². The van der Waals surface area contributed by atoms with Gasteiger partial charge in [-0.2, -0.15) is 0 Å². The number of rotatable bonds is 5. The van der Waals surface area contributed by atoms with Crippen LogP contribution in [-0.4, -0.2) is 27.2 Å². The second-order valence-corrected chi connectivity index (χ2v) is 6.89. The lowest BCUT2D eigenvalue weighted by Crippen LogP contribution is -2.34. The van der Waals surface area contributed by atoms with Crippen molar-refractivity contribution in [1.82, 2.24) is 10.3 Å². The summed E-state index contributed by atoms with van der Waals surface area (Å²) in [5, 5.41) is 3.59. The fourth-order valence-electron chi connectivity index (χ4n) is 2.64. The summed E-state index contributed by atoms with van der Waals surface area (Å²) in [7, 11) is -0.728. The van der Waals surface area contributed by atoms with Crippen LogP contribution >= 0.6 is 0 Å². The monoisotopic (exact) mass is 282 g/mol. The molecule has 5 heteroatoms. The molecule has 0 aromatic carbocycles. The van der Waals surface area contributed by atoms with E-state index in [1.54, 1.807) is 12.3 Å². The van der Waals surface area contributed by atoms with Crippen molar-refractivity contribution in [2.24, 2.45) is 0 Å². The van der Waals surface area contributed by atoms with Gasteiger partial charge < -0.3 is 10.3 Å². The topological polar surface area (TPSA) is 62.0 Å². The summed E-state index contributed by atoms with van der Waals surface area (Å²) >= 11 is 0. The van der Waals surface area contributed by atoms with Gasteiger partial charge in [0.2, 0.25) is 5.56 Å². The van der Waals surface area contributed by atoms with Crippen molar-refractivity contribution < 1.29 is 4.21 Å². The van der Waals surface area contributed by atoms with Gasteiger partial charge in [-0.25, -0.2) is 0 Å². The maximum absolute atomic E-state index is 11.3. The Labute approximate surface area is 116 Å². The highest BCUT2D eigenvalue weighted by molar-refractivity contribution is 7.84. The molecule has 0 spiro atoms. The molecule has 1 aliphatic carbocycles. The van der Waals surface area contributed by atoms with Crippen LogP contribution in [-0.2, 0) is 17.2 Å². The van der Waals surface area contributed by atoms with Gasteiger partial charge in [-0.3, -0.25) is 9.00 Å². The summed E-state index contributed by atoms with van der Waals surface area (Å²) in [4.78, 5) is 14.3. The van der Waals surface area contributed by atoms with E-state index in [4.69, 9.17) is 0 Å². The van der Waals surface area contributed by atoms with Gasteiger partial charge in [0.05, 0.1) is 0 Å². The fourth-order valence-corrected chi connectivity index (χ4v) is 3.33. The molecule has 4 nitrogen and oxygen atoms in total. The number of aromatic amines is 1. The van der Waals surface area contributed by atoms with E-state index in [9.17, 15) is 9.00 Å². The molecule has 19 heavy (non-hydrogen) atoms. The Balaban J connectivity index is 2.03. The highest BCUT2D eigenvalue weighted by atomic mass is 32.2. The van der Waals surface area contributed by atoms with Crippen molar-refractivity contribution >= 4 is 10.8 Å². The molecule has 0 saturated heterocycles.